The molecule has 31 heavy (non-hydrogen) atoms. The lowest BCUT2D eigenvalue weighted by Crippen LogP contribution is -2.41. The normalized spacial score (nSPS) is 17.8. The van der Waals surface area contributed by atoms with Gasteiger partial charge in [0, 0.05) is 27.3 Å². The second-order valence-electron chi connectivity index (χ2n) is 9.95. The number of rotatable bonds is 8. The van der Waals surface area contributed by atoms with E-state index in [1.165, 1.54) is 60.3 Å². The van der Waals surface area contributed by atoms with Gasteiger partial charge in [0.25, 0.3) is 0 Å². The van der Waals surface area contributed by atoms with Crippen molar-refractivity contribution in [2.75, 3.05) is 0 Å². The average molecular weight is 484 g/mol. The first kappa shape index (κ1) is 22.9. The molecule has 166 valence electrons. The molecule has 0 atom stereocenters. The molecule has 0 unspecified atom stereocenters. The Balaban J connectivity index is 1.68. The SMILES string of the molecule is CCCCCCCCn1c2cc(Br)ccc2c2ccc(B3OC(C)(C)C(C)(C)O3)cc21. The fraction of sp³-hybridized carbons (Fsp3) is 0.538. The summed E-state index contributed by atoms with van der Waals surface area (Å²) in [5, 5.41) is 2.61. The zero-order chi connectivity index (χ0) is 22.2. The number of hydrogen-bond acceptors (Lipinski definition) is 2. The van der Waals surface area contributed by atoms with Crippen molar-refractivity contribution in [1.29, 1.82) is 0 Å². The van der Waals surface area contributed by atoms with E-state index in [-0.39, 0.29) is 18.3 Å². The summed E-state index contributed by atoms with van der Waals surface area (Å²) in [6, 6.07) is 13.3. The van der Waals surface area contributed by atoms with E-state index in [1.807, 2.05) is 0 Å². The van der Waals surface area contributed by atoms with Gasteiger partial charge >= 0.3 is 7.12 Å². The molecule has 3 nitrogen and oxygen atoms in total. The number of unbranched alkanes of at least 4 members (excludes halogenated alkanes) is 5. The van der Waals surface area contributed by atoms with Crippen LogP contribution in [0.15, 0.2) is 40.9 Å². The Morgan fingerprint density at radius 3 is 2.06 bits per heavy atom. The summed E-state index contributed by atoms with van der Waals surface area (Å²) in [5.41, 5.74) is 3.00. The number of hydrogen-bond donors (Lipinski definition) is 0. The molecule has 0 N–H and O–H groups in total. The summed E-state index contributed by atoms with van der Waals surface area (Å²) in [4.78, 5) is 0. The zero-order valence-corrected chi connectivity index (χ0v) is 21.2. The highest BCUT2D eigenvalue weighted by molar-refractivity contribution is 9.10. The zero-order valence-electron chi connectivity index (χ0n) is 19.6. The van der Waals surface area contributed by atoms with E-state index in [2.05, 4.69) is 91.5 Å². The highest BCUT2D eigenvalue weighted by atomic mass is 79.9. The van der Waals surface area contributed by atoms with Crippen molar-refractivity contribution < 1.29 is 9.31 Å². The van der Waals surface area contributed by atoms with Crippen molar-refractivity contribution in [3.63, 3.8) is 0 Å². The van der Waals surface area contributed by atoms with Gasteiger partial charge in [0.05, 0.1) is 16.7 Å². The first-order valence-electron chi connectivity index (χ1n) is 11.8. The van der Waals surface area contributed by atoms with Crippen LogP contribution in [-0.2, 0) is 15.9 Å². The molecule has 4 rings (SSSR count). The summed E-state index contributed by atoms with van der Waals surface area (Å²) >= 11 is 3.67. The third kappa shape index (κ3) is 4.47. The molecule has 1 aliphatic rings. The Morgan fingerprint density at radius 1 is 0.806 bits per heavy atom. The molecule has 1 saturated heterocycles. The van der Waals surface area contributed by atoms with Crippen LogP contribution in [0.1, 0.15) is 73.1 Å². The van der Waals surface area contributed by atoms with Gasteiger partial charge in [-0.3, -0.25) is 0 Å². The fourth-order valence-electron chi connectivity index (χ4n) is 4.50. The predicted molar refractivity (Wildman–Crippen MR) is 136 cm³/mol. The molecule has 0 bridgehead atoms. The van der Waals surface area contributed by atoms with Crippen LogP contribution >= 0.6 is 15.9 Å². The molecule has 3 aromatic rings. The molecule has 0 aliphatic carbocycles. The molecule has 0 amide bonds. The van der Waals surface area contributed by atoms with Gasteiger partial charge in [-0.1, -0.05) is 73.2 Å². The minimum atomic E-state index is -0.332. The summed E-state index contributed by atoms with van der Waals surface area (Å²) in [5.74, 6) is 0. The second-order valence-corrected chi connectivity index (χ2v) is 10.9. The Bertz CT molecular complexity index is 1060. The van der Waals surface area contributed by atoms with E-state index in [0.29, 0.717) is 0 Å². The van der Waals surface area contributed by atoms with Gasteiger partial charge < -0.3 is 13.9 Å². The highest BCUT2D eigenvalue weighted by Crippen LogP contribution is 2.37. The number of halogens is 1. The summed E-state index contributed by atoms with van der Waals surface area (Å²) in [6.07, 6.45) is 7.80. The van der Waals surface area contributed by atoms with Crippen molar-refractivity contribution in [2.24, 2.45) is 0 Å². The Labute approximate surface area is 195 Å². The largest absolute Gasteiger partial charge is 0.494 e. The molecule has 1 fully saturated rings. The quantitative estimate of drug-likeness (QED) is 0.249. The van der Waals surface area contributed by atoms with Crippen molar-refractivity contribution >= 4 is 50.3 Å². The number of fused-ring (bicyclic) bond motifs is 3. The van der Waals surface area contributed by atoms with E-state index in [4.69, 9.17) is 9.31 Å². The predicted octanol–water partition coefficient (Wildman–Crippen LogP) is 7.22. The number of nitrogens with zero attached hydrogens (tertiary/aromatic N) is 1. The van der Waals surface area contributed by atoms with E-state index >= 15 is 0 Å². The molecule has 1 aromatic heterocycles. The first-order chi connectivity index (χ1) is 14.7. The molecular weight excluding hydrogens is 449 g/mol. The average Bonchev–Trinajstić information content (AvgIpc) is 3.13. The standard InChI is InChI=1S/C26H35BBrNO2/c1-6-7-8-9-10-11-16-29-23-17-19(27-30-25(2,3)26(4,5)31-27)12-14-21(23)22-15-13-20(28)18-24(22)29/h12-15,17-18H,6-11,16H2,1-5H3. The summed E-state index contributed by atoms with van der Waals surface area (Å²) < 4.78 is 16.3. The van der Waals surface area contributed by atoms with Crippen molar-refractivity contribution in [2.45, 2.75) is 90.9 Å². The minimum Gasteiger partial charge on any atom is -0.399 e. The summed E-state index contributed by atoms with van der Waals surface area (Å²) in [7, 11) is -0.332. The smallest absolute Gasteiger partial charge is 0.399 e. The van der Waals surface area contributed by atoms with Gasteiger partial charge in [0.15, 0.2) is 0 Å². The third-order valence-electron chi connectivity index (χ3n) is 7.11. The lowest BCUT2D eigenvalue weighted by Gasteiger charge is -2.32. The van der Waals surface area contributed by atoms with Crippen LogP contribution in [0.4, 0.5) is 0 Å². The third-order valence-corrected chi connectivity index (χ3v) is 7.61. The Kier molecular flexibility index (Phi) is 6.58. The maximum Gasteiger partial charge on any atom is 0.494 e. The van der Waals surface area contributed by atoms with Gasteiger partial charge in [-0.25, -0.2) is 0 Å². The van der Waals surface area contributed by atoms with Crippen LogP contribution in [0.25, 0.3) is 21.8 Å². The van der Waals surface area contributed by atoms with Gasteiger partial charge in [0.1, 0.15) is 0 Å². The van der Waals surface area contributed by atoms with Crippen molar-refractivity contribution in [1.82, 2.24) is 4.57 Å². The Morgan fingerprint density at radius 2 is 1.39 bits per heavy atom. The molecule has 0 saturated carbocycles. The number of aromatic nitrogens is 1. The Hall–Kier alpha value is -1.30. The van der Waals surface area contributed by atoms with Crippen LogP contribution in [0.2, 0.25) is 0 Å². The molecule has 5 heteroatoms. The van der Waals surface area contributed by atoms with E-state index in [0.717, 1.165) is 16.5 Å². The maximum absolute atomic E-state index is 6.33. The van der Waals surface area contributed by atoms with E-state index in [1.54, 1.807) is 0 Å². The van der Waals surface area contributed by atoms with Crippen LogP contribution in [0, 0.1) is 0 Å². The summed E-state index contributed by atoms with van der Waals surface area (Å²) in [6.45, 7) is 11.7. The highest BCUT2D eigenvalue weighted by Gasteiger charge is 2.51. The number of benzene rings is 2. The monoisotopic (exact) mass is 483 g/mol. The molecule has 1 aliphatic heterocycles. The lowest BCUT2D eigenvalue weighted by molar-refractivity contribution is 0.00578. The van der Waals surface area contributed by atoms with Gasteiger partial charge in [-0.05, 0) is 57.8 Å². The second kappa shape index (κ2) is 8.92. The lowest BCUT2D eigenvalue weighted by atomic mass is 9.79. The van der Waals surface area contributed by atoms with Crippen LogP contribution < -0.4 is 5.46 Å². The molecular formula is C26H35BBrNO2. The van der Waals surface area contributed by atoms with Crippen LogP contribution in [-0.4, -0.2) is 22.9 Å². The molecule has 2 heterocycles. The number of aryl methyl sites for hydroxylation is 1. The topological polar surface area (TPSA) is 23.4 Å². The van der Waals surface area contributed by atoms with E-state index < -0.39 is 0 Å². The van der Waals surface area contributed by atoms with Gasteiger partial charge in [-0.15, -0.1) is 0 Å². The first-order valence-corrected chi connectivity index (χ1v) is 12.6. The molecule has 0 radical (unpaired) electrons. The van der Waals surface area contributed by atoms with Crippen molar-refractivity contribution in [3.8, 4) is 0 Å². The maximum atomic E-state index is 6.33. The fourth-order valence-corrected chi connectivity index (χ4v) is 4.85. The van der Waals surface area contributed by atoms with Crippen molar-refractivity contribution in [3.05, 3.63) is 40.9 Å². The minimum absolute atomic E-state index is 0.331. The molecule has 2 aromatic carbocycles. The van der Waals surface area contributed by atoms with Crippen LogP contribution in [0.3, 0.4) is 0 Å². The van der Waals surface area contributed by atoms with Gasteiger partial charge in [0.2, 0.25) is 0 Å². The van der Waals surface area contributed by atoms with Gasteiger partial charge in [-0.2, -0.15) is 0 Å². The molecule has 0 spiro atoms. The van der Waals surface area contributed by atoms with Crippen LogP contribution in [0.5, 0.6) is 0 Å². The van der Waals surface area contributed by atoms with E-state index in [9.17, 15) is 0 Å².